The summed E-state index contributed by atoms with van der Waals surface area (Å²) in [6.07, 6.45) is -1.21. The number of hydrogen-bond acceptors (Lipinski definition) is 4. The van der Waals surface area contributed by atoms with E-state index in [9.17, 15) is 17.9 Å². The molecule has 0 aliphatic carbocycles. The van der Waals surface area contributed by atoms with Crippen molar-refractivity contribution in [1.29, 1.82) is 0 Å². The summed E-state index contributed by atoms with van der Waals surface area (Å²) >= 11 is 0. The highest BCUT2D eigenvalue weighted by Crippen LogP contribution is 2.32. The van der Waals surface area contributed by atoms with E-state index in [-0.39, 0.29) is 24.5 Å². The van der Waals surface area contributed by atoms with Crippen LogP contribution in [0.1, 0.15) is 17.5 Å². The van der Waals surface area contributed by atoms with Crippen LogP contribution >= 0.6 is 0 Å². The highest BCUT2D eigenvalue weighted by atomic mass is 32.2. The molecule has 21 heavy (non-hydrogen) atoms. The molecule has 5 nitrogen and oxygen atoms in total. The van der Waals surface area contributed by atoms with E-state index >= 15 is 0 Å². The maximum Gasteiger partial charge on any atom is 0.243 e. The Bertz CT molecular complexity index is 632. The number of nitrogens with zero attached hydrogens (tertiary/aromatic N) is 1. The fourth-order valence-electron chi connectivity index (χ4n) is 2.69. The number of sulfonamides is 1. The van der Waals surface area contributed by atoms with Crippen molar-refractivity contribution < 1.29 is 22.7 Å². The number of aliphatic hydroxyl groups is 1. The molecule has 0 unspecified atom stereocenters. The lowest BCUT2D eigenvalue weighted by Gasteiger charge is -2.23. The Morgan fingerprint density at radius 1 is 1.38 bits per heavy atom. The number of halogens is 1. The van der Waals surface area contributed by atoms with Crippen LogP contribution in [-0.2, 0) is 10.0 Å². The zero-order chi connectivity index (χ0) is 15.8. The number of benzene rings is 1. The molecule has 0 amide bonds. The highest BCUT2D eigenvalue weighted by molar-refractivity contribution is 7.89. The second-order valence-electron chi connectivity index (χ2n) is 5.26. The third-order valence-corrected chi connectivity index (χ3v) is 6.08. The highest BCUT2D eigenvalue weighted by Gasteiger charge is 2.40. The number of aliphatic hydroxyl groups excluding tert-OH is 1. The van der Waals surface area contributed by atoms with Gasteiger partial charge in [0, 0.05) is 6.54 Å². The summed E-state index contributed by atoms with van der Waals surface area (Å²) in [5, 5.41) is 9.28. The van der Waals surface area contributed by atoms with Gasteiger partial charge in [-0.2, -0.15) is 4.31 Å². The van der Waals surface area contributed by atoms with Gasteiger partial charge in [-0.3, -0.25) is 0 Å². The quantitative estimate of drug-likeness (QED) is 0.912. The van der Waals surface area contributed by atoms with E-state index in [1.54, 1.807) is 19.9 Å². The van der Waals surface area contributed by atoms with Crippen molar-refractivity contribution in [3.05, 3.63) is 23.3 Å². The minimum absolute atomic E-state index is 0.0317. The van der Waals surface area contributed by atoms with Gasteiger partial charge in [-0.15, -0.1) is 0 Å². The monoisotopic (exact) mass is 317 g/mol. The number of alkyl halides is 1. The number of ether oxygens (including phenoxy) is 1. The normalized spacial score (nSPS) is 23.5. The van der Waals surface area contributed by atoms with Crippen LogP contribution in [0, 0.1) is 13.8 Å². The molecule has 7 heteroatoms. The standard InChI is InChI=1S/C14H20FNO4S/c1-9-10(2)14(5-4-13(9)20-3)21(18,19)16-7-11(15)6-12(16)8-17/h4-5,11-12,17H,6-8H2,1-3H3/t11-,12-/m0/s1. The van der Waals surface area contributed by atoms with Crippen LogP contribution < -0.4 is 4.74 Å². The van der Waals surface area contributed by atoms with Gasteiger partial charge in [0.1, 0.15) is 11.9 Å². The van der Waals surface area contributed by atoms with Crippen molar-refractivity contribution in [2.24, 2.45) is 0 Å². The van der Waals surface area contributed by atoms with Crippen molar-refractivity contribution in [2.75, 3.05) is 20.3 Å². The summed E-state index contributed by atoms with van der Waals surface area (Å²) in [5.74, 6) is 0.606. The minimum atomic E-state index is -3.83. The average Bonchev–Trinajstić information content (AvgIpc) is 2.83. The van der Waals surface area contributed by atoms with Gasteiger partial charge in [0.2, 0.25) is 10.0 Å². The molecule has 1 aliphatic heterocycles. The van der Waals surface area contributed by atoms with E-state index in [1.165, 1.54) is 13.2 Å². The van der Waals surface area contributed by atoms with E-state index in [0.717, 1.165) is 9.87 Å². The molecule has 0 bridgehead atoms. The molecule has 1 aliphatic rings. The SMILES string of the molecule is COc1ccc(S(=O)(=O)N2C[C@@H](F)C[C@H]2CO)c(C)c1C. The second kappa shape index (κ2) is 5.90. The molecule has 2 rings (SSSR count). The van der Waals surface area contributed by atoms with Crippen molar-refractivity contribution in [3.63, 3.8) is 0 Å². The Morgan fingerprint density at radius 3 is 2.62 bits per heavy atom. The lowest BCUT2D eigenvalue weighted by atomic mass is 10.1. The van der Waals surface area contributed by atoms with Crippen LogP contribution in [0.4, 0.5) is 4.39 Å². The molecule has 1 saturated heterocycles. The van der Waals surface area contributed by atoms with Crippen LogP contribution in [0.15, 0.2) is 17.0 Å². The molecule has 0 spiro atoms. The van der Waals surface area contributed by atoms with Crippen molar-refractivity contribution in [1.82, 2.24) is 4.31 Å². The third kappa shape index (κ3) is 2.77. The van der Waals surface area contributed by atoms with Crippen molar-refractivity contribution >= 4 is 10.0 Å². The minimum Gasteiger partial charge on any atom is -0.496 e. The Balaban J connectivity index is 2.47. The van der Waals surface area contributed by atoms with Gasteiger partial charge in [0.15, 0.2) is 0 Å². The van der Waals surface area contributed by atoms with Crippen LogP contribution in [0.5, 0.6) is 5.75 Å². The van der Waals surface area contributed by atoms with Crippen molar-refractivity contribution in [2.45, 2.75) is 37.4 Å². The largest absolute Gasteiger partial charge is 0.496 e. The van der Waals surface area contributed by atoms with Crippen molar-refractivity contribution in [3.8, 4) is 5.75 Å². The zero-order valence-electron chi connectivity index (χ0n) is 12.3. The summed E-state index contributed by atoms with van der Waals surface area (Å²) in [6, 6.07) is 2.36. The van der Waals surface area contributed by atoms with Gasteiger partial charge < -0.3 is 9.84 Å². The first-order valence-corrected chi connectivity index (χ1v) is 8.18. The summed E-state index contributed by atoms with van der Waals surface area (Å²) in [6.45, 7) is 2.88. The van der Waals surface area contributed by atoms with E-state index in [0.29, 0.717) is 11.3 Å². The van der Waals surface area contributed by atoms with E-state index < -0.39 is 22.2 Å². The summed E-state index contributed by atoms with van der Waals surface area (Å²) in [5.41, 5.74) is 1.31. The lowest BCUT2D eigenvalue weighted by Crippen LogP contribution is -2.38. The molecule has 0 saturated carbocycles. The molecule has 1 aromatic carbocycles. The Hall–Kier alpha value is -1.18. The molecule has 1 aromatic rings. The van der Waals surface area contributed by atoms with E-state index in [2.05, 4.69) is 0 Å². The first-order chi connectivity index (χ1) is 9.82. The maximum atomic E-state index is 13.5. The number of rotatable bonds is 4. The van der Waals surface area contributed by atoms with Crippen LogP contribution in [0.3, 0.4) is 0 Å². The molecular weight excluding hydrogens is 297 g/mol. The third-order valence-electron chi connectivity index (χ3n) is 4.02. The molecule has 1 fully saturated rings. The van der Waals surface area contributed by atoms with Gasteiger partial charge in [-0.1, -0.05) is 0 Å². The molecule has 0 radical (unpaired) electrons. The zero-order valence-corrected chi connectivity index (χ0v) is 13.2. The molecule has 118 valence electrons. The summed E-state index contributed by atoms with van der Waals surface area (Å²) in [4.78, 5) is 0.133. The predicted octanol–water partition coefficient (Wildman–Crippen LogP) is 1.41. The van der Waals surface area contributed by atoms with Gasteiger partial charge in [-0.05, 0) is 43.5 Å². The fraction of sp³-hybridized carbons (Fsp3) is 0.571. The van der Waals surface area contributed by atoms with Crippen LogP contribution in [0.25, 0.3) is 0 Å². The number of methoxy groups -OCH3 is 1. The average molecular weight is 317 g/mol. The molecule has 0 aromatic heterocycles. The molecular formula is C14H20FNO4S. The molecule has 1 N–H and O–H groups in total. The lowest BCUT2D eigenvalue weighted by molar-refractivity contribution is 0.213. The topological polar surface area (TPSA) is 66.8 Å². The predicted molar refractivity (Wildman–Crippen MR) is 76.7 cm³/mol. The van der Waals surface area contributed by atoms with E-state index in [4.69, 9.17) is 4.74 Å². The molecule has 2 atom stereocenters. The van der Waals surface area contributed by atoms with Gasteiger partial charge >= 0.3 is 0 Å². The Morgan fingerprint density at radius 2 is 2.05 bits per heavy atom. The summed E-state index contributed by atoms with van der Waals surface area (Å²) < 4.78 is 45.2. The maximum absolute atomic E-state index is 13.5. The van der Waals surface area contributed by atoms with Gasteiger partial charge in [0.05, 0.1) is 24.7 Å². The smallest absolute Gasteiger partial charge is 0.243 e. The van der Waals surface area contributed by atoms with Crippen LogP contribution in [-0.4, -0.2) is 50.3 Å². The number of hydrogen-bond donors (Lipinski definition) is 1. The van der Waals surface area contributed by atoms with Gasteiger partial charge in [-0.25, -0.2) is 12.8 Å². The summed E-state index contributed by atoms with van der Waals surface area (Å²) in [7, 11) is -2.31. The first-order valence-electron chi connectivity index (χ1n) is 6.73. The Kier molecular flexibility index (Phi) is 4.55. The van der Waals surface area contributed by atoms with Crippen LogP contribution in [0.2, 0.25) is 0 Å². The van der Waals surface area contributed by atoms with Gasteiger partial charge in [0.25, 0.3) is 0 Å². The molecule has 1 heterocycles. The fourth-order valence-corrected chi connectivity index (χ4v) is 4.63. The Labute approximate surface area is 124 Å². The van der Waals surface area contributed by atoms with E-state index in [1.807, 2.05) is 0 Å². The second-order valence-corrected chi connectivity index (χ2v) is 7.12. The first kappa shape index (κ1) is 16.2.